The lowest BCUT2D eigenvalue weighted by atomic mass is 9.92. The summed E-state index contributed by atoms with van der Waals surface area (Å²) in [5.41, 5.74) is -1.29. The van der Waals surface area contributed by atoms with Gasteiger partial charge in [-0.2, -0.15) is 13.2 Å². The number of hydrogen-bond acceptors (Lipinski definition) is 2. The largest absolute Gasteiger partial charge is 0.390 e. The van der Waals surface area contributed by atoms with E-state index in [2.05, 4.69) is 0 Å². The molecule has 0 aliphatic heterocycles. The normalized spacial score (nSPS) is 19.1. The van der Waals surface area contributed by atoms with Gasteiger partial charge in [-0.3, -0.25) is 0 Å². The minimum atomic E-state index is -4.18. The Morgan fingerprint density at radius 3 is 2.14 bits per heavy atom. The molecule has 0 bridgehead atoms. The summed E-state index contributed by atoms with van der Waals surface area (Å²) >= 11 is 0. The maximum absolute atomic E-state index is 11.7. The number of rotatable bonds is 5. The fourth-order valence-corrected chi connectivity index (χ4v) is 1.04. The van der Waals surface area contributed by atoms with E-state index in [1.54, 1.807) is 6.92 Å². The Morgan fingerprint density at radius 1 is 1.29 bits per heavy atom. The van der Waals surface area contributed by atoms with E-state index in [0.717, 1.165) is 0 Å². The molecule has 0 aromatic carbocycles. The molecule has 0 aliphatic rings. The molecule has 0 aliphatic carbocycles. The molecule has 14 heavy (non-hydrogen) atoms. The van der Waals surface area contributed by atoms with Crippen LogP contribution < -0.4 is 0 Å². The van der Waals surface area contributed by atoms with Crippen LogP contribution in [0.1, 0.15) is 39.5 Å². The van der Waals surface area contributed by atoms with E-state index in [1.165, 1.54) is 6.92 Å². The molecule has 0 heterocycles. The molecule has 0 aromatic heterocycles. The minimum absolute atomic E-state index is 0.0274. The average molecular weight is 214 g/mol. The van der Waals surface area contributed by atoms with Crippen LogP contribution in [0.15, 0.2) is 0 Å². The lowest BCUT2D eigenvalue weighted by Crippen LogP contribution is -2.38. The smallest absolute Gasteiger partial charge is 0.389 e. The molecule has 2 unspecified atom stereocenters. The summed E-state index contributed by atoms with van der Waals surface area (Å²) in [6.45, 7) is 3.10. The molecule has 0 radical (unpaired) electrons. The van der Waals surface area contributed by atoms with Crippen LogP contribution >= 0.6 is 0 Å². The SMILES string of the molecule is CCC(C)(O)C(O)CCCC(F)(F)F. The van der Waals surface area contributed by atoms with Crippen molar-refractivity contribution in [2.24, 2.45) is 0 Å². The van der Waals surface area contributed by atoms with E-state index < -0.39 is 24.3 Å². The van der Waals surface area contributed by atoms with Crippen molar-refractivity contribution in [3.05, 3.63) is 0 Å². The van der Waals surface area contributed by atoms with Gasteiger partial charge < -0.3 is 10.2 Å². The quantitative estimate of drug-likeness (QED) is 0.736. The molecule has 86 valence electrons. The summed E-state index contributed by atoms with van der Waals surface area (Å²) in [5.74, 6) is 0. The first-order valence-corrected chi connectivity index (χ1v) is 4.66. The van der Waals surface area contributed by atoms with Gasteiger partial charge >= 0.3 is 6.18 Å². The highest BCUT2D eigenvalue weighted by Gasteiger charge is 2.31. The van der Waals surface area contributed by atoms with Crippen molar-refractivity contribution in [3.63, 3.8) is 0 Å². The van der Waals surface area contributed by atoms with Crippen LogP contribution in [0.4, 0.5) is 13.2 Å². The standard InChI is InChI=1S/C9H17F3O2/c1-3-8(2,14)7(13)5-4-6-9(10,11)12/h7,13-14H,3-6H2,1-2H3. The van der Waals surface area contributed by atoms with E-state index in [-0.39, 0.29) is 12.8 Å². The average Bonchev–Trinajstić information content (AvgIpc) is 2.02. The Morgan fingerprint density at radius 2 is 1.79 bits per heavy atom. The molecule has 0 saturated carbocycles. The summed E-state index contributed by atoms with van der Waals surface area (Å²) in [7, 11) is 0. The van der Waals surface area contributed by atoms with Gasteiger partial charge in [-0.05, 0) is 26.2 Å². The van der Waals surface area contributed by atoms with Crippen molar-refractivity contribution in [1.29, 1.82) is 0 Å². The van der Waals surface area contributed by atoms with Gasteiger partial charge in [0.25, 0.3) is 0 Å². The van der Waals surface area contributed by atoms with Gasteiger partial charge in [0.05, 0.1) is 11.7 Å². The van der Waals surface area contributed by atoms with Crippen molar-refractivity contribution in [2.45, 2.75) is 57.4 Å². The summed E-state index contributed by atoms with van der Waals surface area (Å²) in [6.07, 6.45) is -6.04. The van der Waals surface area contributed by atoms with Gasteiger partial charge in [-0.1, -0.05) is 6.92 Å². The van der Waals surface area contributed by atoms with Gasteiger partial charge in [0, 0.05) is 6.42 Å². The molecular formula is C9H17F3O2. The Labute approximate surface area is 81.7 Å². The van der Waals surface area contributed by atoms with Gasteiger partial charge in [-0.15, -0.1) is 0 Å². The molecule has 0 amide bonds. The molecule has 0 rings (SSSR count). The molecule has 0 fully saturated rings. The lowest BCUT2D eigenvalue weighted by molar-refractivity contribution is -0.139. The fourth-order valence-electron chi connectivity index (χ4n) is 1.04. The third-order valence-corrected chi connectivity index (χ3v) is 2.37. The van der Waals surface area contributed by atoms with E-state index in [4.69, 9.17) is 0 Å². The second-order valence-electron chi connectivity index (χ2n) is 3.73. The van der Waals surface area contributed by atoms with Crippen LogP contribution in [-0.4, -0.2) is 28.1 Å². The maximum Gasteiger partial charge on any atom is 0.389 e. The van der Waals surface area contributed by atoms with Crippen LogP contribution in [-0.2, 0) is 0 Å². The van der Waals surface area contributed by atoms with Crippen molar-refractivity contribution in [3.8, 4) is 0 Å². The predicted octanol–water partition coefficient (Wildman–Crippen LogP) is 2.24. The van der Waals surface area contributed by atoms with Crippen molar-refractivity contribution in [1.82, 2.24) is 0 Å². The first-order chi connectivity index (χ1) is 6.19. The van der Waals surface area contributed by atoms with Crippen LogP contribution in [0.2, 0.25) is 0 Å². The lowest BCUT2D eigenvalue weighted by Gasteiger charge is -2.27. The predicted molar refractivity (Wildman–Crippen MR) is 46.8 cm³/mol. The third kappa shape index (κ3) is 5.44. The summed E-state index contributed by atoms with van der Waals surface area (Å²) in [5, 5.41) is 18.8. The molecular weight excluding hydrogens is 197 g/mol. The van der Waals surface area contributed by atoms with E-state index in [1.807, 2.05) is 0 Å². The van der Waals surface area contributed by atoms with Crippen molar-refractivity contribution >= 4 is 0 Å². The van der Waals surface area contributed by atoms with Crippen LogP contribution in [0.5, 0.6) is 0 Å². The first kappa shape index (κ1) is 13.7. The highest BCUT2D eigenvalue weighted by molar-refractivity contribution is 4.80. The highest BCUT2D eigenvalue weighted by Crippen LogP contribution is 2.25. The van der Waals surface area contributed by atoms with Crippen molar-refractivity contribution in [2.75, 3.05) is 0 Å². The van der Waals surface area contributed by atoms with Gasteiger partial charge in [0.15, 0.2) is 0 Å². The van der Waals surface area contributed by atoms with Gasteiger partial charge in [-0.25, -0.2) is 0 Å². The third-order valence-electron chi connectivity index (χ3n) is 2.37. The van der Waals surface area contributed by atoms with Crippen molar-refractivity contribution < 1.29 is 23.4 Å². The van der Waals surface area contributed by atoms with E-state index in [9.17, 15) is 23.4 Å². The number of aliphatic hydroxyl groups is 2. The molecule has 2 nitrogen and oxygen atoms in total. The monoisotopic (exact) mass is 214 g/mol. The van der Waals surface area contributed by atoms with E-state index >= 15 is 0 Å². The first-order valence-electron chi connectivity index (χ1n) is 4.66. The second-order valence-corrected chi connectivity index (χ2v) is 3.73. The van der Waals surface area contributed by atoms with E-state index in [0.29, 0.717) is 6.42 Å². The van der Waals surface area contributed by atoms with Crippen LogP contribution in [0.3, 0.4) is 0 Å². The number of alkyl halides is 3. The molecule has 5 heteroatoms. The van der Waals surface area contributed by atoms with Gasteiger partial charge in [0.1, 0.15) is 0 Å². The topological polar surface area (TPSA) is 40.5 Å². The highest BCUT2D eigenvalue weighted by atomic mass is 19.4. The second kappa shape index (κ2) is 4.98. The number of hydrogen-bond donors (Lipinski definition) is 2. The van der Waals surface area contributed by atoms with Crippen LogP contribution in [0.25, 0.3) is 0 Å². The Hall–Kier alpha value is -0.290. The summed E-state index contributed by atoms with van der Waals surface area (Å²) < 4.78 is 35.2. The summed E-state index contributed by atoms with van der Waals surface area (Å²) in [4.78, 5) is 0. The fraction of sp³-hybridized carbons (Fsp3) is 1.00. The Kier molecular flexibility index (Phi) is 4.88. The Bertz CT molecular complexity index is 166. The maximum atomic E-state index is 11.7. The molecule has 2 atom stereocenters. The molecule has 0 spiro atoms. The number of aliphatic hydroxyl groups excluding tert-OH is 1. The number of halogens is 3. The van der Waals surface area contributed by atoms with Gasteiger partial charge in [0.2, 0.25) is 0 Å². The summed E-state index contributed by atoms with van der Waals surface area (Å²) in [6, 6.07) is 0. The zero-order valence-electron chi connectivity index (χ0n) is 8.43. The molecule has 0 saturated heterocycles. The molecule has 2 N–H and O–H groups in total. The molecule has 0 aromatic rings. The zero-order chi connectivity index (χ0) is 11.4. The minimum Gasteiger partial charge on any atom is -0.390 e. The zero-order valence-corrected chi connectivity index (χ0v) is 8.43. The van der Waals surface area contributed by atoms with Crippen LogP contribution in [0, 0.1) is 0 Å². The Balaban J connectivity index is 3.80.